The van der Waals surface area contributed by atoms with E-state index < -0.39 is 11.8 Å². The van der Waals surface area contributed by atoms with E-state index in [2.05, 4.69) is 20.8 Å². The molecule has 4 rings (SSSR count). The van der Waals surface area contributed by atoms with Crippen molar-refractivity contribution < 1.29 is 14.1 Å². The van der Waals surface area contributed by atoms with Gasteiger partial charge >= 0.3 is 0 Å². The van der Waals surface area contributed by atoms with Crippen LogP contribution in [0.15, 0.2) is 59.3 Å². The second-order valence-corrected chi connectivity index (χ2v) is 6.34. The van der Waals surface area contributed by atoms with Crippen molar-refractivity contribution in [2.75, 3.05) is 10.6 Å². The molecule has 0 spiro atoms. The SMILES string of the molecule is Cc1ccc(NC(=O)c2nc(C(=O)Nc3cc(C)on3)c3ccccn23)cc1. The van der Waals surface area contributed by atoms with Crippen LogP contribution in [0.1, 0.15) is 32.4 Å². The Kier molecular flexibility index (Phi) is 4.36. The van der Waals surface area contributed by atoms with Gasteiger partial charge in [0.15, 0.2) is 11.5 Å². The highest BCUT2D eigenvalue weighted by molar-refractivity contribution is 6.10. The predicted octanol–water partition coefficient (Wildman–Crippen LogP) is 3.44. The van der Waals surface area contributed by atoms with Gasteiger partial charge in [-0.3, -0.25) is 14.0 Å². The summed E-state index contributed by atoms with van der Waals surface area (Å²) >= 11 is 0. The standard InChI is InChI=1S/C20H17N5O3/c1-12-6-8-14(9-7-12)21-20(27)18-23-17(15-5-3-4-10-25(15)18)19(26)22-16-11-13(2)28-24-16/h3-11H,1-2H3,(H,21,27)(H,22,24,26). The number of hydrogen-bond donors (Lipinski definition) is 2. The lowest BCUT2D eigenvalue weighted by Gasteiger charge is -2.04. The van der Waals surface area contributed by atoms with E-state index >= 15 is 0 Å². The second-order valence-electron chi connectivity index (χ2n) is 6.34. The molecule has 3 aromatic heterocycles. The van der Waals surface area contributed by atoms with Crippen LogP contribution in [0.5, 0.6) is 0 Å². The quantitative estimate of drug-likeness (QED) is 0.569. The van der Waals surface area contributed by atoms with Gasteiger partial charge in [-0.05, 0) is 38.1 Å². The largest absolute Gasteiger partial charge is 0.360 e. The van der Waals surface area contributed by atoms with Gasteiger partial charge in [-0.25, -0.2) is 4.98 Å². The number of pyridine rings is 1. The van der Waals surface area contributed by atoms with Crippen molar-refractivity contribution in [1.29, 1.82) is 0 Å². The summed E-state index contributed by atoms with van der Waals surface area (Å²) in [6.07, 6.45) is 1.68. The van der Waals surface area contributed by atoms with Gasteiger partial charge in [0.1, 0.15) is 5.76 Å². The van der Waals surface area contributed by atoms with Gasteiger partial charge < -0.3 is 15.2 Å². The molecule has 0 aliphatic carbocycles. The number of amides is 2. The molecule has 1 aromatic carbocycles. The average Bonchev–Trinajstić information content (AvgIpc) is 3.27. The zero-order valence-electron chi connectivity index (χ0n) is 15.3. The number of rotatable bonds is 4. The second kappa shape index (κ2) is 6.99. The third kappa shape index (κ3) is 3.35. The van der Waals surface area contributed by atoms with Crippen LogP contribution in [0, 0.1) is 13.8 Å². The maximum absolute atomic E-state index is 12.8. The number of hydrogen-bond acceptors (Lipinski definition) is 5. The van der Waals surface area contributed by atoms with Crippen molar-refractivity contribution in [3.05, 3.63) is 77.6 Å². The molecule has 0 saturated carbocycles. The van der Waals surface area contributed by atoms with Gasteiger partial charge in [-0.2, -0.15) is 0 Å². The van der Waals surface area contributed by atoms with Crippen LogP contribution in [-0.2, 0) is 0 Å². The third-order valence-electron chi connectivity index (χ3n) is 4.15. The molecule has 8 nitrogen and oxygen atoms in total. The molecule has 4 aromatic rings. The summed E-state index contributed by atoms with van der Waals surface area (Å²) in [6, 6.07) is 14.3. The molecule has 8 heteroatoms. The molecular formula is C20H17N5O3. The average molecular weight is 375 g/mol. The first-order valence-corrected chi connectivity index (χ1v) is 8.61. The number of nitrogens with zero attached hydrogens (tertiary/aromatic N) is 3. The summed E-state index contributed by atoms with van der Waals surface area (Å²) in [5.41, 5.74) is 2.36. The molecule has 2 amide bonds. The Morgan fingerprint density at radius 2 is 1.79 bits per heavy atom. The molecule has 0 fully saturated rings. The molecule has 2 N–H and O–H groups in total. The molecule has 140 valence electrons. The summed E-state index contributed by atoms with van der Waals surface area (Å²) in [4.78, 5) is 29.7. The minimum atomic E-state index is -0.480. The van der Waals surface area contributed by atoms with Crippen molar-refractivity contribution in [1.82, 2.24) is 14.5 Å². The lowest BCUT2D eigenvalue weighted by molar-refractivity contribution is 0.101. The van der Waals surface area contributed by atoms with Crippen molar-refractivity contribution in [3.63, 3.8) is 0 Å². The molecule has 0 unspecified atom stereocenters. The Bertz CT molecular complexity index is 1170. The van der Waals surface area contributed by atoms with Crippen molar-refractivity contribution in [2.24, 2.45) is 0 Å². The van der Waals surface area contributed by atoms with Gasteiger partial charge in [0, 0.05) is 18.0 Å². The molecule has 3 heterocycles. The highest BCUT2D eigenvalue weighted by atomic mass is 16.5. The number of anilines is 2. The van der Waals surface area contributed by atoms with Gasteiger partial charge in [0.25, 0.3) is 11.8 Å². The number of carbonyl (C=O) groups excluding carboxylic acids is 2. The number of carbonyl (C=O) groups is 2. The highest BCUT2D eigenvalue weighted by Gasteiger charge is 2.22. The van der Waals surface area contributed by atoms with E-state index in [9.17, 15) is 9.59 Å². The zero-order valence-corrected chi connectivity index (χ0v) is 15.3. The molecule has 28 heavy (non-hydrogen) atoms. The normalized spacial score (nSPS) is 10.8. The molecule has 0 aliphatic heterocycles. The smallest absolute Gasteiger partial charge is 0.292 e. The Balaban J connectivity index is 1.66. The Morgan fingerprint density at radius 1 is 1.00 bits per heavy atom. The molecular weight excluding hydrogens is 358 g/mol. The fourth-order valence-electron chi connectivity index (χ4n) is 2.79. The van der Waals surface area contributed by atoms with Crippen LogP contribution in [-0.4, -0.2) is 26.4 Å². The fraction of sp³-hybridized carbons (Fsp3) is 0.100. The molecule has 0 aliphatic rings. The van der Waals surface area contributed by atoms with E-state index in [1.165, 1.54) is 0 Å². The Labute approximate surface area is 160 Å². The predicted molar refractivity (Wildman–Crippen MR) is 104 cm³/mol. The van der Waals surface area contributed by atoms with E-state index in [4.69, 9.17) is 4.52 Å². The lowest BCUT2D eigenvalue weighted by Crippen LogP contribution is -2.16. The van der Waals surface area contributed by atoms with Crippen LogP contribution in [0.4, 0.5) is 11.5 Å². The van der Waals surface area contributed by atoms with Gasteiger partial charge in [-0.1, -0.05) is 28.9 Å². The van der Waals surface area contributed by atoms with Crippen LogP contribution in [0.25, 0.3) is 5.52 Å². The summed E-state index contributed by atoms with van der Waals surface area (Å²) in [6.45, 7) is 3.69. The van der Waals surface area contributed by atoms with E-state index in [1.54, 1.807) is 41.8 Å². The highest BCUT2D eigenvalue weighted by Crippen LogP contribution is 2.17. The van der Waals surface area contributed by atoms with Gasteiger partial charge in [-0.15, -0.1) is 0 Å². The van der Waals surface area contributed by atoms with E-state index in [0.29, 0.717) is 17.0 Å². The minimum absolute atomic E-state index is 0.109. The van der Waals surface area contributed by atoms with Gasteiger partial charge in [0.2, 0.25) is 5.82 Å². The number of imidazole rings is 1. The number of aryl methyl sites for hydroxylation is 2. The summed E-state index contributed by atoms with van der Waals surface area (Å²) in [7, 11) is 0. The van der Waals surface area contributed by atoms with Crippen molar-refractivity contribution in [2.45, 2.75) is 13.8 Å². The summed E-state index contributed by atoms with van der Waals surface area (Å²) in [5.74, 6) is 0.0684. The fourth-order valence-corrected chi connectivity index (χ4v) is 2.79. The van der Waals surface area contributed by atoms with Crippen molar-refractivity contribution >= 4 is 28.8 Å². The number of nitrogens with one attached hydrogen (secondary N) is 2. The van der Waals surface area contributed by atoms with E-state index in [-0.39, 0.29) is 17.3 Å². The summed E-state index contributed by atoms with van der Waals surface area (Å²) in [5, 5.41) is 9.17. The number of benzene rings is 1. The maximum Gasteiger partial charge on any atom is 0.292 e. The van der Waals surface area contributed by atoms with E-state index in [1.807, 2.05) is 31.2 Å². The number of aromatic nitrogens is 3. The maximum atomic E-state index is 12.8. The van der Waals surface area contributed by atoms with Crippen LogP contribution >= 0.6 is 0 Å². The monoisotopic (exact) mass is 375 g/mol. The topological polar surface area (TPSA) is 102 Å². The first kappa shape index (κ1) is 17.5. The number of fused-ring (bicyclic) bond motifs is 1. The first-order chi connectivity index (χ1) is 13.5. The van der Waals surface area contributed by atoms with Gasteiger partial charge in [0.05, 0.1) is 5.52 Å². The van der Waals surface area contributed by atoms with Crippen LogP contribution in [0.3, 0.4) is 0 Å². The molecule has 0 bridgehead atoms. The van der Waals surface area contributed by atoms with Crippen LogP contribution < -0.4 is 10.6 Å². The Hall–Kier alpha value is -3.94. The lowest BCUT2D eigenvalue weighted by atomic mass is 10.2. The van der Waals surface area contributed by atoms with Crippen molar-refractivity contribution in [3.8, 4) is 0 Å². The molecule has 0 saturated heterocycles. The first-order valence-electron chi connectivity index (χ1n) is 8.61. The summed E-state index contributed by atoms with van der Waals surface area (Å²) < 4.78 is 6.53. The molecule has 0 atom stereocenters. The van der Waals surface area contributed by atoms with Crippen LogP contribution in [0.2, 0.25) is 0 Å². The zero-order chi connectivity index (χ0) is 19.7. The van der Waals surface area contributed by atoms with E-state index in [0.717, 1.165) is 5.56 Å². The minimum Gasteiger partial charge on any atom is -0.360 e. The Morgan fingerprint density at radius 3 is 2.50 bits per heavy atom. The molecule has 0 radical (unpaired) electrons. The third-order valence-corrected chi connectivity index (χ3v) is 4.15.